The third-order valence-electron chi connectivity index (χ3n) is 7.86. The lowest BCUT2D eigenvalue weighted by Crippen LogP contribution is -2.53. The number of hydrogen-bond donors (Lipinski definition) is 2. The molecule has 1 fully saturated rings. The Hall–Kier alpha value is -3.32. The summed E-state index contributed by atoms with van der Waals surface area (Å²) in [7, 11) is -1.22. The van der Waals surface area contributed by atoms with Gasteiger partial charge in [-0.1, -0.05) is 134 Å². The SMILES string of the molecule is O=C(CCP(c1ccccc1)c1ccccc1)N[C@@H]1CCCC[C@H]1NC(=O)CCP(c1ccccc1)c1ccccc1. The molecule has 4 nitrogen and oxygen atoms in total. The van der Waals surface area contributed by atoms with E-state index in [1.54, 1.807) is 0 Å². The lowest BCUT2D eigenvalue weighted by Gasteiger charge is -2.33. The van der Waals surface area contributed by atoms with Crippen molar-refractivity contribution in [2.75, 3.05) is 12.3 Å². The maximum atomic E-state index is 13.2. The Labute approximate surface area is 252 Å². The van der Waals surface area contributed by atoms with Crippen molar-refractivity contribution in [1.29, 1.82) is 0 Å². The van der Waals surface area contributed by atoms with E-state index in [0.717, 1.165) is 38.0 Å². The summed E-state index contributed by atoms with van der Waals surface area (Å²) in [5.41, 5.74) is 0. The fraction of sp³-hybridized carbons (Fsp3) is 0.278. The monoisotopic (exact) mass is 594 g/mol. The summed E-state index contributed by atoms with van der Waals surface area (Å²) in [6.07, 6.45) is 6.53. The van der Waals surface area contributed by atoms with Crippen molar-refractivity contribution in [3.63, 3.8) is 0 Å². The molecule has 0 saturated heterocycles. The minimum Gasteiger partial charge on any atom is -0.351 e. The van der Waals surface area contributed by atoms with Crippen LogP contribution in [0.25, 0.3) is 0 Å². The van der Waals surface area contributed by atoms with Crippen molar-refractivity contribution >= 4 is 48.9 Å². The minimum atomic E-state index is -0.610. The van der Waals surface area contributed by atoms with Crippen LogP contribution in [0.3, 0.4) is 0 Å². The lowest BCUT2D eigenvalue weighted by molar-refractivity contribution is -0.124. The first-order valence-corrected chi connectivity index (χ1v) is 18.1. The molecule has 0 bridgehead atoms. The molecule has 0 radical (unpaired) electrons. The van der Waals surface area contributed by atoms with Gasteiger partial charge in [0.05, 0.1) is 0 Å². The molecule has 0 aliphatic heterocycles. The Balaban J connectivity index is 1.17. The van der Waals surface area contributed by atoms with Crippen molar-refractivity contribution < 1.29 is 9.59 Å². The molecule has 2 amide bonds. The van der Waals surface area contributed by atoms with Gasteiger partial charge in [0.15, 0.2) is 0 Å². The normalized spacial score (nSPS) is 16.7. The van der Waals surface area contributed by atoms with Crippen molar-refractivity contribution in [2.24, 2.45) is 0 Å². The summed E-state index contributed by atoms with van der Waals surface area (Å²) in [4.78, 5) is 26.5. The van der Waals surface area contributed by atoms with Crippen LogP contribution in [0.2, 0.25) is 0 Å². The molecule has 0 spiro atoms. The number of carbonyl (C=O) groups excluding carboxylic acids is 2. The predicted molar refractivity (Wildman–Crippen MR) is 179 cm³/mol. The first kappa shape index (κ1) is 30.1. The molecule has 1 aliphatic rings. The van der Waals surface area contributed by atoms with Crippen LogP contribution in [-0.2, 0) is 9.59 Å². The highest BCUT2D eigenvalue weighted by atomic mass is 31.1. The summed E-state index contributed by atoms with van der Waals surface area (Å²) in [6, 6.07) is 42.1. The summed E-state index contributed by atoms with van der Waals surface area (Å²) in [6.45, 7) is 0. The van der Waals surface area contributed by atoms with Gasteiger partial charge in [-0.25, -0.2) is 0 Å². The smallest absolute Gasteiger partial charge is 0.220 e. The summed E-state index contributed by atoms with van der Waals surface area (Å²) in [5, 5.41) is 11.8. The fourth-order valence-corrected chi connectivity index (χ4v) is 10.3. The van der Waals surface area contributed by atoms with Gasteiger partial charge in [0.25, 0.3) is 0 Å². The molecule has 0 aromatic heterocycles. The largest absolute Gasteiger partial charge is 0.351 e. The summed E-state index contributed by atoms with van der Waals surface area (Å²) >= 11 is 0. The van der Waals surface area contributed by atoms with Gasteiger partial charge >= 0.3 is 0 Å². The van der Waals surface area contributed by atoms with Gasteiger partial charge in [0.2, 0.25) is 11.8 Å². The van der Waals surface area contributed by atoms with Gasteiger partial charge < -0.3 is 10.6 Å². The van der Waals surface area contributed by atoms with Crippen molar-refractivity contribution in [1.82, 2.24) is 10.6 Å². The molecular formula is C36H40N2O2P2. The average Bonchev–Trinajstić information content (AvgIpc) is 3.04. The zero-order valence-corrected chi connectivity index (χ0v) is 25.9. The second-order valence-electron chi connectivity index (χ2n) is 10.8. The highest BCUT2D eigenvalue weighted by Crippen LogP contribution is 2.35. The molecule has 0 unspecified atom stereocenters. The highest BCUT2D eigenvalue weighted by molar-refractivity contribution is 7.73. The Bertz CT molecular complexity index is 1200. The van der Waals surface area contributed by atoms with Gasteiger partial charge in [-0.15, -0.1) is 0 Å². The van der Waals surface area contributed by atoms with Crippen LogP contribution in [0.1, 0.15) is 38.5 Å². The predicted octanol–water partition coefficient (Wildman–Crippen LogP) is 5.58. The Morgan fingerprint density at radius 3 is 1.07 bits per heavy atom. The number of rotatable bonds is 12. The number of nitrogens with one attached hydrogen (secondary N) is 2. The van der Waals surface area contributed by atoms with Crippen LogP contribution in [0.5, 0.6) is 0 Å². The Kier molecular flexibility index (Phi) is 11.3. The van der Waals surface area contributed by atoms with E-state index < -0.39 is 15.8 Å². The van der Waals surface area contributed by atoms with Crippen LogP contribution >= 0.6 is 15.8 Å². The van der Waals surface area contributed by atoms with E-state index in [-0.39, 0.29) is 23.9 Å². The quantitative estimate of drug-likeness (QED) is 0.211. The van der Waals surface area contributed by atoms with Crippen molar-refractivity contribution in [3.05, 3.63) is 121 Å². The molecule has 0 heterocycles. The highest BCUT2D eigenvalue weighted by Gasteiger charge is 2.28. The van der Waals surface area contributed by atoms with Gasteiger partial charge in [0.1, 0.15) is 0 Å². The number of benzene rings is 4. The zero-order valence-electron chi connectivity index (χ0n) is 24.1. The number of carbonyl (C=O) groups is 2. The minimum absolute atomic E-state index is 0.0142. The second-order valence-corrected chi connectivity index (χ2v) is 15.5. The fourth-order valence-electron chi connectivity index (χ4n) is 5.71. The summed E-state index contributed by atoms with van der Waals surface area (Å²) < 4.78 is 0. The summed E-state index contributed by atoms with van der Waals surface area (Å²) in [5.74, 6) is 0.161. The van der Waals surface area contributed by atoms with Gasteiger partial charge in [-0.3, -0.25) is 9.59 Å². The molecular weight excluding hydrogens is 554 g/mol. The van der Waals surface area contributed by atoms with E-state index in [4.69, 9.17) is 0 Å². The number of hydrogen-bond acceptors (Lipinski definition) is 2. The lowest BCUT2D eigenvalue weighted by atomic mass is 9.90. The third-order valence-corrected chi connectivity index (χ3v) is 12.9. The Morgan fingerprint density at radius 1 is 0.500 bits per heavy atom. The molecule has 5 rings (SSSR count). The Morgan fingerprint density at radius 2 is 0.786 bits per heavy atom. The number of amides is 2. The maximum Gasteiger partial charge on any atom is 0.220 e. The van der Waals surface area contributed by atoms with Crippen LogP contribution in [0.15, 0.2) is 121 Å². The van der Waals surface area contributed by atoms with Gasteiger partial charge in [-0.2, -0.15) is 0 Å². The molecule has 2 N–H and O–H groups in total. The second kappa shape index (κ2) is 15.8. The zero-order chi connectivity index (χ0) is 29.0. The molecule has 1 saturated carbocycles. The molecule has 216 valence electrons. The van der Waals surface area contributed by atoms with E-state index in [0.29, 0.717) is 12.8 Å². The van der Waals surface area contributed by atoms with E-state index in [1.165, 1.54) is 21.2 Å². The first-order chi connectivity index (χ1) is 20.7. The third kappa shape index (κ3) is 8.60. The molecule has 42 heavy (non-hydrogen) atoms. The van der Waals surface area contributed by atoms with Crippen LogP contribution in [-0.4, -0.2) is 36.2 Å². The van der Waals surface area contributed by atoms with Gasteiger partial charge in [-0.05, 0) is 62.2 Å². The average molecular weight is 595 g/mol. The van der Waals surface area contributed by atoms with Gasteiger partial charge in [0, 0.05) is 24.9 Å². The topological polar surface area (TPSA) is 58.2 Å². The molecule has 6 heteroatoms. The first-order valence-electron chi connectivity index (χ1n) is 15.0. The van der Waals surface area contributed by atoms with E-state index >= 15 is 0 Å². The van der Waals surface area contributed by atoms with Crippen LogP contribution in [0, 0.1) is 0 Å². The molecule has 2 atom stereocenters. The molecule has 1 aliphatic carbocycles. The standard InChI is InChI=1S/C36H40N2O2P2/c39-35(25-27-41(29-15-5-1-6-16-29)30-17-7-2-8-18-30)37-33-23-13-14-24-34(33)38-36(40)26-28-42(31-19-9-3-10-20-31)32-21-11-4-12-22-32/h1-12,15-22,33-34H,13-14,23-28H2,(H,37,39)(H,38,40)/t33-,34-/m1/s1. The maximum absolute atomic E-state index is 13.2. The van der Waals surface area contributed by atoms with Crippen LogP contribution < -0.4 is 31.9 Å². The van der Waals surface area contributed by atoms with Crippen molar-refractivity contribution in [3.8, 4) is 0 Å². The van der Waals surface area contributed by atoms with Crippen molar-refractivity contribution in [2.45, 2.75) is 50.6 Å². The van der Waals surface area contributed by atoms with E-state index in [2.05, 4.69) is 108 Å². The van der Waals surface area contributed by atoms with E-state index in [9.17, 15) is 9.59 Å². The molecule has 4 aromatic rings. The van der Waals surface area contributed by atoms with E-state index in [1.807, 2.05) is 24.3 Å². The molecule has 4 aromatic carbocycles. The van der Waals surface area contributed by atoms with Crippen LogP contribution in [0.4, 0.5) is 0 Å².